The van der Waals surface area contributed by atoms with Crippen LogP contribution in [0.15, 0.2) is 54.6 Å². The summed E-state index contributed by atoms with van der Waals surface area (Å²) in [6, 6.07) is 16.2. The first-order valence-corrected chi connectivity index (χ1v) is 8.62. The molecule has 3 rings (SSSR count). The van der Waals surface area contributed by atoms with Crippen molar-refractivity contribution in [1.82, 2.24) is 5.32 Å². The Morgan fingerprint density at radius 3 is 2.65 bits per heavy atom. The van der Waals surface area contributed by atoms with Crippen LogP contribution in [0.2, 0.25) is 5.02 Å². The third-order valence-corrected chi connectivity index (χ3v) is 4.16. The standard InChI is InChI=1S/C19H19ClN2O4/c20-14-6-8-16(9-7-14)25-12-18(23)21-10-17-11-22(19(24)13-26-17)15-4-2-1-3-5-15/h1-9,17H,10-13H2,(H,21,23). The van der Waals surface area contributed by atoms with E-state index >= 15 is 0 Å². The molecule has 0 radical (unpaired) electrons. The van der Waals surface area contributed by atoms with Crippen LogP contribution in [0.5, 0.6) is 5.75 Å². The highest BCUT2D eigenvalue weighted by Gasteiger charge is 2.27. The van der Waals surface area contributed by atoms with Crippen molar-refractivity contribution in [3.8, 4) is 5.75 Å². The van der Waals surface area contributed by atoms with E-state index < -0.39 is 0 Å². The van der Waals surface area contributed by atoms with Crippen LogP contribution in [-0.2, 0) is 14.3 Å². The molecule has 1 fully saturated rings. The Bertz CT molecular complexity index is 752. The maximum Gasteiger partial charge on any atom is 0.258 e. The van der Waals surface area contributed by atoms with E-state index in [2.05, 4.69) is 5.32 Å². The molecule has 2 aromatic rings. The van der Waals surface area contributed by atoms with Gasteiger partial charge in [0.2, 0.25) is 0 Å². The summed E-state index contributed by atoms with van der Waals surface area (Å²) in [4.78, 5) is 25.7. The van der Waals surface area contributed by atoms with Crippen molar-refractivity contribution in [3.63, 3.8) is 0 Å². The van der Waals surface area contributed by atoms with E-state index in [0.29, 0.717) is 23.9 Å². The molecule has 1 atom stereocenters. The first-order valence-electron chi connectivity index (χ1n) is 8.24. The molecule has 1 N–H and O–H groups in total. The number of para-hydroxylation sites is 1. The number of morpholine rings is 1. The maximum atomic E-state index is 12.0. The van der Waals surface area contributed by atoms with Gasteiger partial charge in [-0.15, -0.1) is 0 Å². The molecule has 0 bridgehead atoms. The molecule has 1 saturated heterocycles. The molecule has 1 aliphatic heterocycles. The predicted molar refractivity (Wildman–Crippen MR) is 98.5 cm³/mol. The molecule has 7 heteroatoms. The summed E-state index contributed by atoms with van der Waals surface area (Å²) in [6.45, 7) is 0.590. The minimum Gasteiger partial charge on any atom is -0.484 e. The van der Waals surface area contributed by atoms with Gasteiger partial charge >= 0.3 is 0 Å². The van der Waals surface area contributed by atoms with Gasteiger partial charge in [0.15, 0.2) is 6.61 Å². The number of hydrogen-bond donors (Lipinski definition) is 1. The SMILES string of the molecule is O=C(COc1ccc(Cl)cc1)NCC1CN(c2ccccc2)C(=O)CO1. The van der Waals surface area contributed by atoms with Crippen molar-refractivity contribution in [2.75, 3.05) is 31.2 Å². The van der Waals surface area contributed by atoms with Crippen LogP contribution < -0.4 is 15.0 Å². The summed E-state index contributed by atoms with van der Waals surface area (Å²) in [7, 11) is 0. The Balaban J connectivity index is 1.46. The lowest BCUT2D eigenvalue weighted by Crippen LogP contribution is -2.51. The number of anilines is 1. The van der Waals surface area contributed by atoms with Crippen LogP contribution >= 0.6 is 11.6 Å². The molecule has 26 heavy (non-hydrogen) atoms. The van der Waals surface area contributed by atoms with Crippen LogP contribution in [0.1, 0.15) is 0 Å². The van der Waals surface area contributed by atoms with Gasteiger partial charge in [-0.25, -0.2) is 0 Å². The first-order chi connectivity index (χ1) is 12.6. The average molecular weight is 375 g/mol. The number of ether oxygens (including phenoxy) is 2. The minimum absolute atomic E-state index is 0.00327. The number of carbonyl (C=O) groups is 2. The molecule has 0 spiro atoms. The van der Waals surface area contributed by atoms with Crippen molar-refractivity contribution in [2.24, 2.45) is 0 Å². The van der Waals surface area contributed by atoms with Crippen LogP contribution in [0, 0.1) is 0 Å². The smallest absolute Gasteiger partial charge is 0.258 e. The van der Waals surface area contributed by atoms with Crippen molar-refractivity contribution in [3.05, 3.63) is 59.6 Å². The van der Waals surface area contributed by atoms with E-state index in [9.17, 15) is 9.59 Å². The van der Waals surface area contributed by atoms with Gasteiger partial charge in [0.25, 0.3) is 11.8 Å². The average Bonchev–Trinajstić information content (AvgIpc) is 2.67. The zero-order valence-electron chi connectivity index (χ0n) is 14.1. The molecule has 2 amide bonds. The fourth-order valence-corrected chi connectivity index (χ4v) is 2.69. The third-order valence-electron chi connectivity index (χ3n) is 3.91. The number of carbonyl (C=O) groups excluding carboxylic acids is 2. The van der Waals surface area contributed by atoms with E-state index in [1.165, 1.54) is 0 Å². The zero-order valence-corrected chi connectivity index (χ0v) is 14.8. The summed E-state index contributed by atoms with van der Waals surface area (Å²) >= 11 is 5.80. The summed E-state index contributed by atoms with van der Waals surface area (Å²) in [5.74, 6) is 0.218. The second-order valence-electron chi connectivity index (χ2n) is 5.82. The first kappa shape index (κ1) is 18.2. The summed E-state index contributed by atoms with van der Waals surface area (Å²) in [6.07, 6.45) is -0.271. The summed E-state index contributed by atoms with van der Waals surface area (Å²) in [5.41, 5.74) is 0.822. The summed E-state index contributed by atoms with van der Waals surface area (Å²) < 4.78 is 10.9. The Hall–Kier alpha value is -2.57. The fraction of sp³-hybridized carbons (Fsp3) is 0.263. The van der Waals surface area contributed by atoms with Gasteiger partial charge in [-0.05, 0) is 36.4 Å². The molecule has 136 valence electrons. The molecule has 1 heterocycles. The van der Waals surface area contributed by atoms with E-state index in [-0.39, 0.29) is 31.1 Å². The lowest BCUT2D eigenvalue weighted by atomic mass is 10.2. The van der Waals surface area contributed by atoms with Gasteiger partial charge in [-0.1, -0.05) is 29.8 Å². The van der Waals surface area contributed by atoms with Crippen molar-refractivity contribution >= 4 is 29.1 Å². The summed E-state index contributed by atoms with van der Waals surface area (Å²) in [5, 5.41) is 3.37. The Morgan fingerprint density at radius 2 is 1.92 bits per heavy atom. The van der Waals surface area contributed by atoms with E-state index in [0.717, 1.165) is 5.69 Å². The highest BCUT2D eigenvalue weighted by atomic mass is 35.5. The quantitative estimate of drug-likeness (QED) is 0.842. The zero-order chi connectivity index (χ0) is 18.4. The van der Waals surface area contributed by atoms with Crippen LogP contribution in [0.3, 0.4) is 0 Å². The molecule has 0 aliphatic carbocycles. The van der Waals surface area contributed by atoms with Gasteiger partial charge in [-0.3, -0.25) is 9.59 Å². The largest absolute Gasteiger partial charge is 0.484 e. The number of amides is 2. The fourth-order valence-electron chi connectivity index (χ4n) is 2.56. The molecule has 1 aliphatic rings. The van der Waals surface area contributed by atoms with Gasteiger partial charge in [-0.2, -0.15) is 0 Å². The van der Waals surface area contributed by atoms with Gasteiger partial charge in [0.1, 0.15) is 12.4 Å². The number of nitrogens with one attached hydrogen (secondary N) is 1. The molecule has 0 saturated carbocycles. The van der Waals surface area contributed by atoms with E-state index in [4.69, 9.17) is 21.1 Å². The number of rotatable bonds is 6. The molecule has 6 nitrogen and oxygen atoms in total. The van der Waals surface area contributed by atoms with Crippen LogP contribution in [-0.4, -0.2) is 44.2 Å². The number of benzene rings is 2. The topological polar surface area (TPSA) is 67.9 Å². The molecular formula is C19H19ClN2O4. The Morgan fingerprint density at radius 1 is 1.19 bits per heavy atom. The van der Waals surface area contributed by atoms with Gasteiger partial charge in [0, 0.05) is 17.3 Å². The molecule has 2 aromatic carbocycles. The maximum absolute atomic E-state index is 12.0. The highest BCUT2D eigenvalue weighted by Crippen LogP contribution is 2.18. The highest BCUT2D eigenvalue weighted by molar-refractivity contribution is 6.30. The minimum atomic E-state index is -0.271. The van der Waals surface area contributed by atoms with Crippen molar-refractivity contribution in [1.29, 1.82) is 0 Å². The molecular weight excluding hydrogens is 356 g/mol. The predicted octanol–water partition coefficient (Wildman–Crippen LogP) is 2.27. The van der Waals surface area contributed by atoms with E-state index in [1.807, 2.05) is 30.3 Å². The van der Waals surface area contributed by atoms with Gasteiger partial charge < -0.3 is 19.7 Å². The lowest BCUT2D eigenvalue weighted by molar-refractivity contribution is -0.130. The number of halogens is 1. The second-order valence-corrected chi connectivity index (χ2v) is 6.26. The van der Waals surface area contributed by atoms with Crippen LogP contribution in [0.25, 0.3) is 0 Å². The van der Waals surface area contributed by atoms with Crippen molar-refractivity contribution in [2.45, 2.75) is 6.10 Å². The molecule has 1 unspecified atom stereocenters. The Labute approximate surface area is 156 Å². The van der Waals surface area contributed by atoms with Crippen LogP contribution in [0.4, 0.5) is 5.69 Å². The second kappa shape index (κ2) is 8.69. The third kappa shape index (κ3) is 4.97. The number of nitrogens with zero attached hydrogens (tertiary/aromatic N) is 1. The lowest BCUT2D eigenvalue weighted by Gasteiger charge is -2.32. The number of hydrogen-bond acceptors (Lipinski definition) is 4. The normalized spacial score (nSPS) is 17.0. The molecule has 0 aromatic heterocycles. The monoisotopic (exact) mass is 374 g/mol. The van der Waals surface area contributed by atoms with Crippen molar-refractivity contribution < 1.29 is 19.1 Å². The Kier molecular flexibility index (Phi) is 6.09. The van der Waals surface area contributed by atoms with E-state index in [1.54, 1.807) is 29.2 Å². The van der Waals surface area contributed by atoms with Gasteiger partial charge in [0.05, 0.1) is 12.6 Å².